The maximum Gasteiger partial charge on any atom is 0.0702 e. The van der Waals surface area contributed by atoms with Gasteiger partial charge in [0.25, 0.3) is 0 Å². The Balaban J connectivity index is 0.000000640. The van der Waals surface area contributed by atoms with Crippen molar-refractivity contribution in [3.63, 3.8) is 0 Å². The van der Waals surface area contributed by atoms with Gasteiger partial charge < -0.3 is 0 Å². The summed E-state index contributed by atoms with van der Waals surface area (Å²) in [6.45, 7) is 0. The molecule has 1 aliphatic heterocycles. The monoisotopic (exact) mass is 251 g/mol. The summed E-state index contributed by atoms with van der Waals surface area (Å²) in [6.07, 6.45) is 1.85. The molecule has 16 heavy (non-hydrogen) atoms. The second-order valence-corrected chi connectivity index (χ2v) is 3.39. The predicted octanol–water partition coefficient (Wildman–Crippen LogP) is 4.18. The minimum Gasteiger partial charge on any atom is -0.256 e. The average molecular weight is 252 g/mol. The fourth-order valence-corrected chi connectivity index (χ4v) is 1.75. The molecule has 0 fully saturated rings. The molecule has 3 heteroatoms. The van der Waals surface area contributed by atoms with E-state index < -0.39 is 0 Å². The lowest BCUT2D eigenvalue weighted by Crippen LogP contribution is -1.66. The lowest BCUT2D eigenvalue weighted by molar-refractivity contribution is 1.42. The molecule has 3 rings (SSSR count). The van der Waals surface area contributed by atoms with Crippen molar-refractivity contribution in [2.75, 3.05) is 0 Å². The van der Waals surface area contributed by atoms with Crippen LogP contribution in [-0.4, -0.2) is 4.98 Å². The normalized spacial score (nSPS) is 9.50. The van der Waals surface area contributed by atoms with Gasteiger partial charge in [-0.3, -0.25) is 4.98 Å². The first kappa shape index (κ1) is 12.8. The van der Waals surface area contributed by atoms with Crippen molar-refractivity contribution >= 4 is 35.6 Å². The number of hydrogen-bond donors (Lipinski definition) is 0. The Labute approximate surface area is 107 Å². The number of fused-ring (bicyclic) bond motifs is 2. The van der Waals surface area contributed by atoms with Crippen LogP contribution in [0.1, 0.15) is 0 Å². The summed E-state index contributed by atoms with van der Waals surface area (Å²) in [5, 5.41) is 2.51. The van der Waals surface area contributed by atoms with E-state index in [0.717, 1.165) is 5.69 Å². The molecule has 1 nitrogen and oxygen atoms in total. The summed E-state index contributed by atoms with van der Waals surface area (Å²) >= 11 is 0. The molecule has 0 unspecified atom stereocenters. The maximum atomic E-state index is 4.28. The van der Waals surface area contributed by atoms with Crippen LogP contribution in [0.4, 0.5) is 0 Å². The minimum atomic E-state index is 0. The van der Waals surface area contributed by atoms with Crippen molar-refractivity contribution < 1.29 is 0 Å². The van der Waals surface area contributed by atoms with Gasteiger partial charge in [0.05, 0.1) is 5.69 Å². The summed E-state index contributed by atoms with van der Waals surface area (Å²) in [7, 11) is 0. The van der Waals surface area contributed by atoms with Crippen molar-refractivity contribution in [1.29, 1.82) is 0 Å². The number of rotatable bonds is 0. The number of nitrogens with zero attached hydrogens (tertiary/aromatic N) is 1. The third-order valence-electron chi connectivity index (χ3n) is 2.49. The molecule has 0 amide bonds. The van der Waals surface area contributed by atoms with Crippen molar-refractivity contribution in [3.05, 3.63) is 54.7 Å². The predicted molar refractivity (Wildman–Crippen MR) is 72.9 cm³/mol. The van der Waals surface area contributed by atoms with Crippen LogP contribution in [0.15, 0.2) is 54.7 Å². The number of hydrogen-bond acceptors (Lipinski definition) is 1. The van der Waals surface area contributed by atoms with Gasteiger partial charge in [0, 0.05) is 11.8 Å². The molecule has 0 N–H and O–H groups in total. The zero-order valence-electron chi connectivity index (χ0n) is 8.46. The van der Waals surface area contributed by atoms with Gasteiger partial charge in [-0.25, -0.2) is 0 Å². The molecule has 0 spiro atoms. The smallest absolute Gasteiger partial charge is 0.0702 e. The molecular weight excluding hydrogens is 241 g/mol. The number of aromatic nitrogens is 1. The fraction of sp³-hybridized carbons (Fsp3) is 0. The number of halogens is 2. The van der Waals surface area contributed by atoms with Crippen LogP contribution in [0.5, 0.6) is 0 Å². The van der Waals surface area contributed by atoms with Gasteiger partial charge in [0.2, 0.25) is 0 Å². The van der Waals surface area contributed by atoms with Gasteiger partial charge >= 0.3 is 0 Å². The van der Waals surface area contributed by atoms with Gasteiger partial charge in [0.1, 0.15) is 0 Å². The second kappa shape index (κ2) is 5.15. The van der Waals surface area contributed by atoms with E-state index in [1.54, 1.807) is 0 Å². The summed E-state index contributed by atoms with van der Waals surface area (Å²) in [6, 6.07) is 16.8. The van der Waals surface area contributed by atoms with E-state index in [4.69, 9.17) is 0 Å². The van der Waals surface area contributed by atoms with E-state index >= 15 is 0 Å². The van der Waals surface area contributed by atoms with Crippen LogP contribution in [0, 0.1) is 0 Å². The molecule has 1 heterocycles. The van der Waals surface area contributed by atoms with E-state index in [-0.39, 0.29) is 24.8 Å². The largest absolute Gasteiger partial charge is 0.256 e. The summed E-state index contributed by atoms with van der Waals surface area (Å²) in [5.74, 6) is 0. The standard InChI is InChI=1S/C13H9N.2ClH/c1-2-4-11-9-12-7-8-14-13(12)6-5-10(11)3-1;;/h1-9H;2*1H. The number of benzene rings is 1. The molecule has 1 aromatic rings. The summed E-state index contributed by atoms with van der Waals surface area (Å²) in [4.78, 5) is 4.28. The van der Waals surface area contributed by atoms with Crippen LogP contribution in [0.3, 0.4) is 0 Å². The van der Waals surface area contributed by atoms with Gasteiger partial charge in [-0.15, -0.1) is 24.8 Å². The quantitative estimate of drug-likeness (QED) is 0.584. The molecule has 2 aliphatic rings. The molecule has 1 aliphatic carbocycles. The Bertz CT molecular complexity index is 566. The molecule has 82 valence electrons. The average Bonchev–Trinajstić information content (AvgIpc) is 2.58. The van der Waals surface area contributed by atoms with Crippen molar-refractivity contribution in [2.45, 2.75) is 0 Å². The highest BCUT2D eigenvalue weighted by atomic mass is 35.5. The molecule has 0 radical (unpaired) electrons. The summed E-state index contributed by atoms with van der Waals surface area (Å²) in [5.41, 5.74) is 2.26. The first-order chi connectivity index (χ1) is 6.93. The van der Waals surface area contributed by atoms with Gasteiger partial charge in [-0.05, 0) is 29.0 Å². The zero-order valence-corrected chi connectivity index (χ0v) is 10.1. The second-order valence-electron chi connectivity index (χ2n) is 3.39. The van der Waals surface area contributed by atoms with Crippen molar-refractivity contribution in [1.82, 2.24) is 4.98 Å². The Morgan fingerprint density at radius 3 is 2.31 bits per heavy atom. The van der Waals surface area contributed by atoms with E-state index in [9.17, 15) is 0 Å². The molecular formula is C13H11Cl2N. The SMILES string of the molecule is Cl.Cl.c1ccc2cc3ccnc-3ccc2c1. The topological polar surface area (TPSA) is 12.9 Å². The van der Waals surface area contributed by atoms with E-state index in [1.165, 1.54) is 16.3 Å². The Hall–Kier alpha value is -1.31. The van der Waals surface area contributed by atoms with Crippen LogP contribution in [0.2, 0.25) is 0 Å². The highest BCUT2D eigenvalue weighted by Crippen LogP contribution is 2.23. The van der Waals surface area contributed by atoms with Crippen LogP contribution in [-0.2, 0) is 0 Å². The van der Waals surface area contributed by atoms with E-state index in [2.05, 4.69) is 47.4 Å². The first-order valence-corrected chi connectivity index (χ1v) is 4.67. The van der Waals surface area contributed by atoms with Crippen LogP contribution >= 0.6 is 24.8 Å². The van der Waals surface area contributed by atoms with Gasteiger partial charge in [0.15, 0.2) is 0 Å². The third-order valence-corrected chi connectivity index (χ3v) is 2.49. The van der Waals surface area contributed by atoms with E-state index in [0.29, 0.717) is 0 Å². The molecule has 1 aromatic carbocycles. The zero-order chi connectivity index (χ0) is 9.38. The van der Waals surface area contributed by atoms with Crippen LogP contribution in [0.25, 0.3) is 22.0 Å². The van der Waals surface area contributed by atoms with Crippen molar-refractivity contribution in [3.8, 4) is 11.3 Å². The summed E-state index contributed by atoms with van der Waals surface area (Å²) < 4.78 is 0. The Kier molecular flexibility index (Phi) is 4.11. The minimum absolute atomic E-state index is 0. The highest BCUT2D eigenvalue weighted by Gasteiger charge is 2.01. The molecule has 0 bridgehead atoms. The highest BCUT2D eigenvalue weighted by molar-refractivity contribution is 5.86. The van der Waals surface area contributed by atoms with E-state index in [1.807, 2.05) is 12.3 Å². The molecule has 0 aromatic heterocycles. The molecule has 0 atom stereocenters. The Morgan fingerprint density at radius 2 is 1.50 bits per heavy atom. The molecule has 0 saturated heterocycles. The molecule has 0 saturated carbocycles. The van der Waals surface area contributed by atoms with Crippen LogP contribution < -0.4 is 0 Å². The lowest BCUT2D eigenvalue weighted by Gasteiger charge is -1.89. The van der Waals surface area contributed by atoms with Gasteiger partial charge in [-0.2, -0.15) is 0 Å². The van der Waals surface area contributed by atoms with Crippen molar-refractivity contribution in [2.24, 2.45) is 0 Å². The Morgan fingerprint density at radius 1 is 0.750 bits per heavy atom. The third kappa shape index (κ3) is 2.11. The fourth-order valence-electron chi connectivity index (χ4n) is 1.75. The maximum absolute atomic E-state index is 4.28. The van der Waals surface area contributed by atoms with Gasteiger partial charge in [-0.1, -0.05) is 30.3 Å². The first-order valence-electron chi connectivity index (χ1n) is 4.67. The lowest BCUT2D eigenvalue weighted by atomic mass is 10.2.